The number of rotatable bonds is 4. The number of hydrogen-bond acceptors (Lipinski definition) is 2. The molecule has 0 aromatic rings. The predicted octanol–water partition coefficient (Wildman–Crippen LogP) is 0.686. The molecule has 3 heteroatoms. The molecule has 0 fully saturated rings. The average Bonchev–Trinajstić information content (AvgIpc) is 1.82. The summed E-state index contributed by atoms with van der Waals surface area (Å²) in [6.45, 7) is 1.59. The molecule has 0 aliphatic carbocycles. The monoisotopic (exact) mass is 130 g/mol. The minimum absolute atomic E-state index is 0.341. The molecule has 1 N–H and O–H groups in total. The fraction of sp³-hybridized carbons (Fsp3) is 0.667. The Bertz CT molecular complexity index is 109. The summed E-state index contributed by atoms with van der Waals surface area (Å²) in [5, 5.41) is 8.29. The first-order valence-electron chi connectivity index (χ1n) is 2.85. The molecule has 0 unspecified atom stereocenters. The third-order valence-electron chi connectivity index (χ3n) is 1.14. The van der Waals surface area contributed by atoms with Crippen LogP contribution in [0, 0.1) is 5.92 Å². The van der Waals surface area contributed by atoms with E-state index in [2.05, 4.69) is 0 Å². The highest BCUT2D eigenvalue weighted by molar-refractivity contribution is 5.69. The smallest absolute Gasteiger partial charge is 0.306 e. The fourth-order valence-electron chi connectivity index (χ4n) is 0.442. The Morgan fingerprint density at radius 1 is 1.78 bits per heavy atom. The van der Waals surface area contributed by atoms with Gasteiger partial charge in [-0.3, -0.25) is 4.79 Å². The predicted molar refractivity (Wildman–Crippen MR) is 32.1 cm³/mol. The number of carboxylic acids is 1. The maximum Gasteiger partial charge on any atom is 0.306 e. The van der Waals surface area contributed by atoms with E-state index in [1.54, 1.807) is 6.92 Å². The summed E-state index contributed by atoms with van der Waals surface area (Å²) >= 11 is 0. The molecule has 0 radical (unpaired) electrons. The molecule has 0 aliphatic rings. The normalized spacial score (nSPS) is 12.6. The van der Waals surface area contributed by atoms with Gasteiger partial charge in [0.15, 0.2) is 0 Å². The van der Waals surface area contributed by atoms with Gasteiger partial charge in [0, 0.05) is 6.42 Å². The number of hydrogen-bond donors (Lipinski definition) is 1. The summed E-state index contributed by atoms with van der Waals surface area (Å²) in [6.07, 6.45) is 1.52. The summed E-state index contributed by atoms with van der Waals surface area (Å²) < 4.78 is 0. The Kier molecular flexibility index (Phi) is 3.67. The van der Waals surface area contributed by atoms with Gasteiger partial charge in [-0.05, 0) is 6.42 Å². The van der Waals surface area contributed by atoms with Crippen LogP contribution in [0.1, 0.15) is 19.8 Å². The molecule has 1 atom stereocenters. The van der Waals surface area contributed by atoms with Gasteiger partial charge in [-0.1, -0.05) is 6.92 Å². The maximum atomic E-state index is 10.1. The van der Waals surface area contributed by atoms with E-state index in [1.807, 2.05) is 0 Å². The lowest BCUT2D eigenvalue weighted by Gasteiger charge is -1.99. The van der Waals surface area contributed by atoms with Crippen molar-refractivity contribution in [2.24, 2.45) is 5.92 Å². The summed E-state index contributed by atoms with van der Waals surface area (Å²) in [5.74, 6) is -1.23. The SMILES string of the molecule is C[C@@H](CCC=O)C(=O)O. The van der Waals surface area contributed by atoms with Crippen molar-refractivity contribution in [3.05, 3.63) is 0 Å². The minimum atomic E-state index is -0.836. The number of carbonyl (C=O) groups is 2. The zero-order chi connectivity index (χ0) is 7.28. The molecule has 0 amide bonds. The van der Waals surface area contributed by atoms with Crippen molar-refractivity contribution in [1.82, 2.24) is 0 Å². The van der Waals surface area contributed by atoms with Crippen molar-refractivity contribution in [2.45, 2.75) is 19.8 Å². The van der Waals surface area contributed by atoms with E-state index in [4.69, 9.17) is 5.11 Å². The second kappa shape index (κ2) is 4.06. The van der Waals surface area contributed by atoms with Gasteiger partial charge in [0.2, 0.25) is 0 Å². The van der Waals surface area contributed by atoms with E-state index in [0.717, 1.165) is 6.29 Å². The van der Waals surface area contributed by atoms with E-state index < -0.39 is 11.9 Å². The maximum absolute atomic E-state index is 10.1. The second-order valence-corrected chi connectivity index (χ2v) is 1.98. The molecule has 0 saturated heterocycles. The highest BCUT2D eigenvalue weighted by Gasteiger charge is 2.08. The van der Waals surface area contributed by atoms with Gasteiger partial charge in [0.25, 0.3) is 0 Å². The molecular formula is C6H10O3. The van der Waals surface area contributed by atoms with Crippen LogP contribution in [-0.4, -0.2) is 17.4 Å². The van der Waals surface area contributed by atoms with Crippen molar-refractivity contribution in [2.75, 3.05) is 0 Å². The zero-order valence-corrected chi connectivity index (χ0v) is 5.33. The topological polar surface area (TPSA) is 54.4 Å². The van der Waals surface area contributed by atoms with Crippen molar-refractivity contribution in [3.63, 3.8) is 0 Å². The largest absolute Gasteiger partial charge is 0.481 e. The molecule has 0 bridgehead atoms. The Labute approximate surface area is 53.7 Å². The van der Waals surface area contributed by atoms with Gasteiger partial charge in [-0.25, -0.2) is 0 Å². The Balaban J connectivity index is 3.37. The number of carboxylic acid groups (broad SMARTS) is 1. The van der Waals surface area contributed by atoms with E-state index >= 15 is 0 Å². The molecule has 0 rings (SSSR count). The first-order valence-corrected chi connectivity index (χ1v) is 2.85. The molecule has 0 spiro atoms. The van der Waals surface area contributed by atoms with Crippen molar-refractivity contribution in [1.29, 1.82) is 0 Å². The van der Waals surface area contributed by atoms with Gasteiger partial charge in [-0.15, -0.1) is 0 Å². The van der Waals surface area contributed by atoms with E-state index in [9.17, 15) is 9.59 Å². The van der Waals surface area contributed by atoms with Gasteiger partial charge in [-0.2, -0.15) is 0 Å². The molecule has 0 aromatic carbocycles. The van der Waals surface area contributed by atoms with Crippen LogP contribution in [0.25, 0.3) is 0 Å². The first kappa shape index (κ1) is 8.14. The highest BCUT2D eigenvalue weighted by Crippen LogP contribution is 2.02. The number of carbonyl (C=O) groups excluding carboxylic acids is 1. The summed E-state index contributed by atoms with van der Waals surface area (Å²) in [4.78, 5) is 19.8. The molecule has 3 nitrogen and oxygen atoms in total. The molecule has 0 aliphatic heterocycles. The van der Waals surface area contributed by atoms with Gasteiger partial charge in [0.05, 0.1) is 5.92 Å². The molecular weight excluding hydrogens is 120 g/mol. The highest BCUT2D eigenvalue weighted by atomic mass is 16.4. The molecule has 0 saturated carbocycles. The second-order valence-electron chi connectivity index (χ2n) is 1.98. The van der Waals surface area contributed by atoms with Gasteiger partial charge >= 0.3 is 5.97 Å². The first-order chi connectivity index (χ1) is 4.18. The molecule has 52 valence electrons. The summed E-state index contributed by atoms with van der Waals surface area (Å²) in [7, 11) is 0. The quantitative estimate of drug-likeness (QED) is 0.569. The zero-order valence-electron chi connectivity index (χ0n) is 5.33. The Hall–Kier alpha value is -0.860. The lowest BCUT2D eigenvalue weighted by Crippen LogP contribution is -2.08. The Morgan fingerprint density at radius 2 is 2.33 bits per heavy atom. The van der Waals surface area contributed by atoms with Crippen LogP contribution in [-0.2, 0) is 9.59 Å². The van der Waals surface area contributed by atoms with Crippen LogP contribution in [0.3, 0.4) is 0 Å². The fourth-order valence-corrected chi connectivity index (χ4v) is 0.442. The number of aliphatic carboxylic acids is 1. The van der Waals surface area contributed by atoms with Crippen molar-refractivity contribution < 1.29 is 14.7 Å². The summed E-state index contributed by atoms with van der Waals surface area (Å²) in [6, 6.07) is 0. The molecule has 9 heavy (non-hydrogen) atoms. The van der Waals surface area contributed by atoms with Gasteiger partial charge < -0.3 is 9.90 Å². The van der Waals surface area contributed by atoms with Crippen LogP contribution in [0.2, 0.25) is 0 Å². The van der Waals surface area contributed by atoms with Crippen molar-refractivity contribution >= 4 is 12.3 Å². The van der Waals surface area contributed by atoms with E-state index in [1.165, 1.54) is 0 Å². The lowest BCUT2D eigenvalue weighted by molar-refractivity contribution is -0.141. The Morgan fingerprint density at radius 3 is 2.67 bits per heavy atom. The average molecular weight is 130 g/mol. The van der Waals surface area contributed by atoms with E-state index in [-0.39, 0.29) is 0 Å². The van der Waals surface area contributed by atoms with Crippen molar-refractivity contribution in [3.8, 4) is 0 Å². The van der Waals surface area contributed by atoms with Gasteiger partial charge in [0.1, 0.15) is 6.29 Å². The lowest BCUT2D eigenvalue weighted by atomic mass is 10.1. The third-order valence-corrected chi connectivity index (χ3v) is 1.14. The van der Waals surface area contributed by atoms with Crippen LogP contribution >= 0.6 is 0 Å². The molecule has 0 aromatic heterocycles. The van der Waals surface area contributed by atoms with Crippen LogP contribution < -0.4 is 0 Å². The molecule has 0 heterocycles. The minimum Gasteiger partial charge on any atom is -0.481 e. The number of aldehydes is 1. The van der Waals surface area contributed by atoms with Crippen LogP contribution in [0.5, 0.6) is 0 Å². The summed E-state index contributed by atoms with van der Waals surface area (Å²) in [5.41, 5.74) is 0. The third kappa shape index (κ3) is 3.70. The van der Waals surface area contributed by atoms with Crippen LogP contribution in [0.15, 0.2) is 0 Å². The standard InChI is InChI=1S/C6H10O3/c1-5(6(8)9)3-2-4-7/h4-5H,2-3H2,1H3,(H,8,9)/t5-/m0/s1. The van der Waals surface area contributed by atoms with Crippen LogP contribution in [0.4, 0.5) is 0 Å². The van der Waals surface area contributed by atoms with E-state index in [0.29, 0.717) is 12.8 Å².